The van der Waals surface area contributed by atoms with E-state index in [9.17, 15) is 0 Å². The van der Waals surface area contributed by atoms with Crippen molar-refractivity contribution in [3.05, 3.63) is 65.2 Å². The smallest absolute Gasteiger partial charge is 0.162 e. The van der Waals surface area contributed by atoms with Gasteiger partial charge in [-0.05, 0) is 54.7 Å². The molecule has 4 heteroatoms. The summed E-state index contributed by atoms with van der Waals surface area (Å²) in [5, 5.41) is 0. The van der Waals surface area contributed by atoms with Crippen molar-refractivity contribution in [1.29, 1.82) is 0 Å². The van der Waals surface area contributed by atoms with Crippen LogP contribution in [0.25, 0.3) is 5.70 Å². The molecule has 164 valence electrons. The van der Waals surface area contributed by atoms with E-state index in [1.807, 2.05) is 0 Å². The summed E-state index contributed by atoms with van der Waals surface area (Å²) in [5.41, 5.74) is 7.99. The predicted octanol–water partition coefficient (Wildman–Crippen LogP) is 5.99. The summed E-state index contributed by atoms with van der Waals surface area (Å²) in [4.78, 5) is 6.06. The number of hydroxylamine groups is 1. The van der Waals surface area contributed by atoms with E-state index in [4.69, 9.17) is 14.3 Å². The third-order valence-corrected chi connectivity index (χ3v) is 6.79. The van der Waals surface area contributed by atoms with Gasteiger partial charge in [0.1, 0.15) is 11.7 Å². The number of hydrogen-bond donors (Lipinski definition) is 1. The Morgan fingerprint density at radius 2 is 1.77 bits per heavy atom. The van der Waals surface area contributed by atoms with Crippen LogP contribution in [0.2, 0.25) is 0 Å². The van der Waals surface area contributed by atoms with E-state index in [-0.39, 0.29) is 11.7 Å². The van der Waals surface area contributed by atoms with Crippen molar-refractivity contribution in [2.24, 2.45) is 0 Å². The molecule has 0 radical (unpaired) electrons. The van der Waals surface area contributed by atoms with Crippen molar-refractivity contribution in [3.63, 3.8) is 0 Å². The first-order valence-corrected chi connectivity index (χ1v) is 11.9. The summed E-state index contributed by atoms with van der Waals surface area (Å²) in [5.74, 6) is 1.67. The standard InChI is InChI=1S/C27H33NO3/c1-2-3-15-29-25-12-11-22(24-19-27(31-28-24)13-7-4-8-14-27)18-26(25)30-23-16-20-9-5-6-10-21(20)17-23/h5-6,9-12,18-19,23,28H,2-4,7-8,13-17H2,1H3. The minimum atomic E-state index is -0.141. The largest absolute Gasteiger partial charge is 0.490 e. The lowest BCUT2D eigenvalue weighted by Crippen LogP contribution is -2.31. The Labute approximate surface area is 185 Å². The van der Waals surface area contributed by atoms with Crippen molar-refractivity contribution in [1.82, 2.24) is 5.48 Å². The van der Waals surface area contributed by atoms with Crippen LogP contribution in [0.3, 0.4) is 0 Å². The molecule has 1 spiro atoms. The lowest BCUT2D eigenvalue weighted by molar-refractivity contribution is -0.0557. The summed E-state index contributed by atoms with van der Waals surface area (Å²) in [6, 6.07) is 14.9. The highest BCUT2D eigenvalue weighted by Crippen LogP contribution is 2.40. The molecule has 1 aliphatic heterocycles. The summed E-state index contributed by atoms with van der Waals surface area (Å²) < 4.78 is 12.6. The van der Waals surface area contributed by atoms with Gasteiger partial charge in [-0.1, -0.05) is 56.9 Å². The molecular weight excluding hydrogens is 386 g/mol. The second-order valence-electron chi connectivity index (χ2n) is 9.17. The van der Waals surface area contributed by atoms with Gasteiger partial charge in [-0.2, -0.15) is 0 Å². The Morgan fingerprint density at radius 1 is 1.00 bits per heavy atom. The maximum absolute atomic E-state index is 6.54. The molecule has 0 atom stereocenters. The molecular formula is C27H33NO3. The number of fused-ring (bicyclic) bond motifs is 1. The maximum atomic E-state index is 6.54. The van der Waals surface area contributed by atoms with E-state index in [1.54, 1.807) is 0 Å². The van der Waals surface area contributed by atoms with Gasteiger partial charge in [0.25, 0.3) is 0 Å². The molecule has 0 amide bonds. The Kier molecular flexibility index (Phi) is 5.91. The lowest BCUT2D eigenvalue weighted by atomic mass is 9.84. The minimum Gasteiger partial charge on any atom is -0.490 e. The fourth-order valence-electron chi connectivity index (χ4n) is 5.01. The Hall–Kier alpha value is -2.46. The van der Waals surface area contributed by atoms with Gasteiger partial charge in [-0.3, -0.25) is 10.3 Å². The van der Waals surface area contributed by atoms with Gasteiger partial charge >= 0.3 is 0 Å². The van der Waals surface area contributed by atoms with Crippen LogP contribution in [0.5, 0.6) is 11.5 Å². The Morgan fingerprint density at radius 3 is 2.52 bits per heavy atom. The van der Waals surface area contributed by atoms with Gasteiger partial charge in [-0.25, -0.2) is 0 Å². The zero-order chi connectivity index (χ0) is 21.1. The van der Waals surface area contributed by atoms with Gasteiger partial charge in [0.05, 0.1) is 12.3 Å². The molecule has 1 saturated carbocycles. The van der Waals surface area contributed by atoms with Crippen molar-refractivity contribution in [3.8, 4) is 11.5 Å². The van der Waals surface area contributed by atoms with Gasteiger partial charge in [0.2, 0.25) is 0 Å². The number of unbranched alkanes of at least 4 members (excludes halogenated alkanes) is 1. The number of ether oxygens (including phenoxy) is 2. The summed E-state index contributed by atoms with van der Waals surface area (Å²) >= 11 is 0. The zero-order valence-corrected chi connectivity index (χ0v) is 18.5. The molecule has 2 aliphatic carbocycles. The van der Waals surface area contributed by atoms with E-state index in [0.29, 0.717) is 6.61 Å². The number of benzene rings is 2. The molecule has 4 nitrogen and oxygen atoms in total. The normalized spacial score (nSPS) is 19.7. The zero-order valence-electron chi connectivity index (χ0n) is 18.5. The SMILES string of the molecule is CCCCOc1ccc(C2=CC3(CCCCC3)ON2)cc1OC1Cc2ccccc2C1. The molecule has 1 fully saturated rings. The van der Waals surface area contributed by atoms with Crippen LogP contribution < -0.4 is 15.0 Å². The van der Waals surface area contributed by atoms with Crippen molar-refractivity contribution in [2.75, 3.05) is 6.61 Å². The molecule has 3 aliphatic rings. The maximum Gasteiger partial charge on any atom is 0.162 e. The lowest BCUT2D eigenvalue weighted by Gasteiger charge is -2.29. The molecule has 0 saturated heterocycles. The first kappa shape index (κ1) is 20.4. The first-order chi connectivity index (χ1) is 15.2. The van der Waals surface area contributed by atoms with E-state index in [1.165, 1.54) is 30.4 Å². The highest BCUT2D eigenvalue weighted by atomic mass is 16.7. The average molecular weight is 420 g/mol. The molecule has 1 N–H and O–H groups in total. The van der Waals surface area contributed by atoms with Gasteiger partial charge in [-0.15, -0.1) is 0 Å². The van der Waals surface area contributed by atoms with Crippen molar-refractivity contribution >= 4 is 5.70 Å². The van der Waals surface area contributed by atoms with Crippen LogP contribution >= 0.6 is 0 Å². The summed E-state index contributed by atoms with van der Waals surface area (Å²) in [6.45, 7) is 2.89. The van der Waals surface area contributed by atoms with E-state index in [2.05, 4.69) is 60.9 Å². The number of rotatable bonds is 7. The Bertz CT molecular complexity index is 920. The third-order valence-electron chi connectivity index (χ3n) is 6.79. The number of nitrogens with one attached hydrogen (secondary N) is 1. The average Bonchev–Trinajstić information content (AvgIpc) is 3.39. The third kappa shape index (κ3) is 4.45. The summed E-state index contributed by atoms with van der Waals surface area (Å²) in [6.07, 6.45) is 12.4. The molecule has 0 aromatic heterocycles. The van der Waals surface area contributed by atoms with E-state index in [0.717, 1.165) is 61.3 Å². The fraction of sp³-hybridized carbons (Fsp3) is 0.481. The summed E-state index contributed by atoms with van der Waals surface area (Å²) in [7, 11) is 0. The molecule has 0 bridgehead atoms. The highest BCUT2D eigenvalue weighted by Gasteiger charge is 2.36. The minimum absolute atomic E-state index is 0.141. The van der Waals surface area contributed by atoms with Crippen LogP contribution in [0.15, 0.2) is 48.5 Å². The van der Waals surface area contributed by atoms with Gasteiger partial charge in [0, 0.05) is 18.4 Å². The van der Waals surface area contributed by atoms with E-state index < -0.39 is 0 Å². The van der Waals surface area contributed by atoms with Crippen LogP contribution in [0.4, 0.5) is 0 Å². The monoisotopic (exact) mass is 419 g/mol. The quantitative estimate of drug-likeness (QED) is 0.560. The van der Waals surface area contributed by atoms with Crippen molar-refractivity contribution in [2.45, 2.75) is 76.4 Å². The van der Waals surface area contributed by atoms with Crippen LogP contribution in [0, 0.1) is 0 Å². The topological polar surface area (TPSA) is 39.7 Å². The van der Waals surface area contributed by atoms with Crippen LogP contribution in [-0.2, 0) is 17.7 Å². The van der Waals surface area contributed by atoms with E-state index >= 15 is 0 Å². The molecule has 1 heterocycles. The van der Waals surface area contributed by atoms with Gasteiger partial charge in [0.15, 0.2) is 11.5 Å². The number of hydrogen-bond acceptors (Lipinski definition) is 4. The predicted molar refractivity (Wildman–Crippen MR) is 123 cm³/mol. The van der Waals surface area contributed by atoms with Crippen LogP contribution in [-0.4, -0.2) is 18.3 Å². The molecule has 2 aromatic carbocycles. The fourth-order valence-corrected chi connectivity index (χ4v) is 5.01. The van der Waals surface area contributed by atoms with Crippen LogP contribution in [0.1, 0.15) is 68.6 Å². The van der Waals surface area contributed by atoms with Gasteiger partial charge < -0.3 is 9.47 Å². The molecule has 5 rings (SSSR count). The molecule has 2 aromatic rings. The first-order valence-electron chi connectivity index (χ1n) is 11.9. The Balaban J connectivity index is 1.38. The molecule has 31 heavy (non-hydrogen) atoms. The second kappa shape index (κ2) is 8.96. The second-order valence-corrected chi connectivity index (χ2v) is 9.17. The molecule has 0 unspecified atom stereocenters. The van der Waals surface area contributed by atoms with Crippen molar-refractivity contribution < 1.29 is 14.3 Å². The highest BCUT2D eigenvalue weighted by molar-refractivity contribution is 5.68.